The molecule has 2 aromatic rings. The first-order valence-electron chi connectivity index (χ1n) is 7.07. The summed E-state index contributed by atoms with van der Waals surface area (Å²) in [7, 11) is 0. The van der Waals surface area contributed by atoms with E-state index >= 15 is 0 Å². The highest BCUT2D eigenvalue weighted by Crippen LogP contribution is 2.49. The number of ether oxygens (including phenoxy) is 1. The van der Waals surface area contributed by atoms with E-state index in [9.17, 15) is 17.6 Å². The molecule has 0 aliphatic carbocycles. The molecule has 8 heteroatoms. The molecule has 0 spiro atoms. The lowest BCUT2D eigenvalue weighted by atomic mass is 9.91. The van der Waals surface area contributed by atoms with Crippen molar-refractivity contribution in [3.8, 4) is 0 Å². The SMILES string of the molecule is Nc1cc(C2=CC(c3cc(Cl)cc(Cl)c3)(C(F)(F)F)OC2)ccc1F. The van der Waals surface area contributed by atoms with Crippen molar-refractivity contribution in [2.45, 2.75) is 11.8 Å². The number of anilines is 1. The highest BCUT2D eigenvalue weighted by molar-refractivity contribution is 6.34. The van der Waals surface area contributed by atoms with E-state index in [0.717, 1.165) is 24.3 Å². The molecule has 1 heterocycles. The van der Waals surface area contributed by atoms with Crippen LogP contribution in [0.2, 0.25) is 10.0 Å². The molecule has 2 nitrogen and oxygen atoms in total. The summed E-state index contributed by atoms with van der Waals surface area (Å²) in [6.07, 6.45) is -3.81. The van der Waals surface area contributed by atoms with Gasteiger partial charge in [0.25, 0.3) is 0 Å². The van der Waals surface area contributed by atoms with E-state index in [1.54, 1.807) is 0 Å². The lowest BCUT2D eigenvalue weighted by Crippen LogP contribution is -2.41. The van der Waals surface area contributed by atoms with Gasteiger partial charge < -0.3 is 10.5 Å². The molecule has 1 aliphatic rings. The molecule has 0 aromatic heterocycles. The van der Waals surface area contributed by atoms with Crippen LogP contribution in [0.1, 0.15) is 11.1 Å². The third-order valence-electron chi connectivity index (χ3n) is 3.91. The van der Waals surface area contributed by atoms with Gasteiger partial charge in [0.05, 0.1) is 12.3 Å². The quantitative estimate of drug-likeness (QED) is 0.535. The van der Waals surface area contributed by atoms with Gasteiger partial charge in [0.2, 0.25) is 5.60 Å². The van der Waals surface area contributed by atoms with Gasteiger partial charge in [-0.25, -0.2) is 4.39 Å². The number of nitrogen functional groups attached to an aromatic ring is 1. The van der Waals surface area contributed by atoms with E-state index in [0.29, 0.717) is 5.56 Å². The Kier molecular flexibility index (Phi) is 4.47. The molecular formula is C17H11Cl2F4NO. The van der Waals surface area contributed by atoms with Crippen molar-refractivity contribution < 1.29 is 22.3 Å². The van der Waals surface area contributed by atoms with Crippen LogP contribution in [0.3, 0.4) is 0 Å². The van der Waals surface area contributed by atoms with Crippen LogP contribution < -0.4 is 5.73 Å². The fourth-order valence-electron chi connectivity index (χ4n) is 2.69. The highest BCUT2D eigenvalue weighted by Gasteiger charge is 2.58. The van der Waals surface area contributed by atoms with E-state index in [-0.39, 0.29) is 33.5 Å². The molecule has 2 aromatic carbocycles. The highest BCUT2D eigenvalue weighted by atomic mass is 35.5. The molecule has 0 saturated heterocycles. The number of benzene rings is 2. The molecule has 2 N–H and O–H groups in total. The second kappa shape index (κ2) is 6.20. The average molecular weight is 392 g/mol. The maximum atomic E-state index is 13.9. The zero-order chi connectivity index (χ0) is 18.4. The largest absolute Gasteiger partial charge is 0.425 e. The Balaban J connectivity index is 2.15. The Labute approximate surface area is 150 Å². The second-order valence-electron chi connectivity index (χ2n) is 5.59. The Bertz CT molecular complexity index is 846. The first kappa shape index (κ1) is 18.0. The van der Waals surface area contributed by atoms with E-state index in [4.69, 9.17) is 33.7 Å². The van der Waals surface area contributed by atoms with Crippen molar-refractivity contribution in [3.05, 3.63) is 69.5 Å². The molecule has 1 atom stereocenters. The van der Waals surface area contributed by atoms with E-state index in [2.05, 4.69) is 0 Å². The summed E-state index contributed by atoms with van der Waals surface area (Å²) in [5, 5.41) is 0.116. The summed E-state index contributed by atoms with van der Waals surface area (Å²) in [5.74, 6) is -0.646. The third kappa shape index (κ3) is 3.21. The van der Waals surface area contributed by atoms with Gasteiger partial charge in [-0.2, -0.15) is 13.2 Å². The molecule has 1 aliphatic heterocycles. The monoisotopic (exact) mass is 391 g/mol. The molecule has 3 rings (SSSR count). The normalized spacial score (nSPS) is 20.6. The summed E-state index contributed by atoms with van der Waals surface area (Å²) >= 11 is 11.7. The van der Waals surface area contributed by atoms with Crippen LogP contribution in [0.15, 0.2) is 42.5 Å². The van der Waals surface area contributed by atoms with Crippen molar-refractivity contribution in [1.82, 2.24) is 0 Å². The maximum absolute atomic E-state index is 13.9. The van der Waals surface area contributed by atoms with E-state index in [1.807, 2.05) is 0 Å². The van der Waals surface area contributed by atoms with Gasteiger partial charge in [-0.1, -0.05) is 29.3 Å². The van der Waals surface area contributed by atoms with Crippen molar-refractivity contribution in [2.24, 2.45) is 0 Å². The summed E-state index contributed by atoms with van der Waals surface area (Å²) in [4.78, 5) is 0. The predicted octanol–water partition coefficient (Wildman–Crippen LogP) is 5.59. The average Bonchev–Trinajstić information content (AvgIpc) is 2.95. The molecule has 1 unspecified atom stereocenters. The van der Waals surface area contributed by atoms with Crippen LogP contribution >= 0.6 is 23.2 Å². The van der Waals surface area contributed by atoms with Gasteiger partial charge in [-0.15, -0.1) is 0 Å². The number of hydrogen-bond donors (Lipinski definition) is 1. The van der Waals surface area contributed by atoms with Crippen molar-refractivity contribution in [1.29, 1.82) is 0 Å². The molecular weight excluding hydrogens is 381 g/mol. The summed E-state index contributed by atoms with van der Waals surface area (Å²) in [6.45, 7) is -0.325. The third-order valence-corrected chi connectivity index (χ3v) is 4.35. The number of rotatable bonds is 2. The van der Waals surface area contributed by atoms with Gasteiger partial charge >= 0.3 is 6.18 Å². The first-order chi connectivity index (χ1) is 11.6. The molecule has 0 saturated carbocycles. The van der Waals surface area contributed by atoms with Crippen LogP contribution in [-0.4, -0.2) is 12.8 Å². The minimum Gasteiger partial charge on any atom is -0.396 e. The minimum atomic E-state index is -4.76. The Morgan fingerprint density at radius 1 is 1.04 bits per heavy atom. The molecule has 132 valence electrons. The number of hydrogen-bond acceptors (Lipinski definition) is 2. The fraction of sp³-hybridized carbons (Fsp3) is 0.176. The van der Waals surface area contributed by atoms with E-state index in [1.165, 1.54) is 18.2 Å². The predicted molar refractivity (Wildman–Crippen MR) is 88.9 cm³/mol. The molecule has 0 fully saturated rings. The second-order valence-corrected chi connectivity index (χ2v) is 6.46. The summed E-state index contributed by atoms with van der Waals surface area (Å²) < 4.78 is 60.0. The molecule has 25 heavy (non-hydrogen) atoms. The summed E-state index contributed by atoms with van der Waals surface area (Å²) in [6, 6.07) is 7.34. The van der Waals surface area contributed by atoms with Crippen LogP contribution in [-0.2, 0) is 10.3 Å². The number of alkyl halides is 3. The Hall–Kier alpha value is -1.76. The standard InChI is InChI=1S/C17H11Cl2F4NO/c18-12-4-11(5-13(19)6-12)16(17(21,22)23)7-10(8-25-16)9-1-2-14(20)15(24)3-9/h1-7H,8,24H2. The van der Waals surface area contributed by atoms with Crippen LogP contribution in [0.4, 0.5) is 23.2 Å². The molecule has 0 radical (unpaired) electrons. The fourth-order valence-corrected chi connectivity index (χ4v) is 3.22. The number of nitrogens with two attached hydrogens (primary N) is 1. The van der Waals surface area contributed by atoms with Gasteiger partial charge in [-0.05, 0) is 53.1 Å². The van der Waals surface area contributed by atoms with Gasteiger partial charge in [-0.3, -0.25) is 0 Å². The van der Waals surface area contributed by atoms with Gasteiger partial charge in [0, 0.05) is 10.0 Å². The Morgan fingerprint density at radius 2 is 1.68 bits per heavy atom. The van der Waals surface area contributed by atoms with Crippen LogP contribution in [0.25, 0.3) is 5.57 Å². The molecule has 0 amide bonds. The smallest absolute Gasteiger partial charge is 0.396 e. The van der Waals surface area contributed by atoms with Gasteiger partial charge in [0.15, 0.2) is 0 Å². The lowest BCUT2D eigenvalue weighted by Gasteiger charge is -2.30. The zero-order valence-corrected chi connectivity index (χ0v) is 14.0. The maximum Gasteiger partial charge on any atom is 0.425 e. The number of halogens is 6. The molecule has 0 bridgehead atoms. The zero-order valence-electron chi connectivity index (χ0n) is 12.5. The van der Waals surface area contributed by atoms with Crippen molar-refractivity contribution in [2.75, 3.05) is 12.3 Å². The van der Waals surface area contributed by atoms with Crippen molar-refractivity contribution in [3.63, 3.8) is 0 Å². The van der Waals surface area contributed by atoms with Gasteiger partial charge in [0.1, 0.15) is 5.82 Å². The summed E-state index contributed by atoms with van der Waals surface area (Å²) in [5.41, 5.74) is 2.99. The Morgan fingerprint density at radius 3 is 2.24 bits per heavy atom. The first-order valence-corrected chi connectivity index (χ1v) is 7.82. The van der Waals surface area contributed by atoms with Crippen LogP contribution in [0.5, 0.6) is 0 Å². The minimum absolute atomic E-state index is 0.0580. The van der Waals surface area contributed by atoms with Crippen LogP contribution in [0, 0.1) is 5.82 Å². The topological polar surface area (TPSA) is 35.2 Å². The van der Waals surface area contributed by atoms with E-state index < -0.39 is 17.6 Å². The van der Waals surface area contributed by atoms with Crippen molar-refractivity contribution >= 4 is 34.5 Å². The lowest BCUT2D eigenvalue weighted by molar-refractivity contribution is -0.254.